The molecule has 9 heteroatoms. The van der Waals surface area contributed by atoms with Gasteiger partial charge >= 0.3 is 5.97 Å². The van der Waals surface area contributed by atoms with Gasteiger partial charge in [0.2, 0.25) is 17.7 Å². The number of nitrogens with zero attached hydrogens (tertiary/aromatic N) is 2. The van der Waals surface area contributed by atoms with Crippen LogP contribution in [-0.2, 0) is 24.6 Å². The first-order chi connectivity index (χ1) is 16.9. The van der Waals surface area contributed by atoms with Crippen LogP contribution in [0.1, 0.15) is 61.0 Å². The molecule has 1 aromatic carbocycles. The Labute approximate surface area is 222 Å². The molecule has 37 heavy (non-hydrogen) atoms. The van der Waals surface area contributed by atoms with E-state index in [0.29, 0.717) is 0 Å². The minimum absolute atomic E-state index is 0.0667. The molecule has 208 valence electrons. The summed E-state index contributed by atoms with van der Waals surface area (Å²) in [5.74, 6) is -2.16. The Morgan fingerprint density at radius 2 is 1.51 bits per heavy atom. The fourth-order valence-electron chi connectivity index (χ4n) is 4.57. The number of amides is 3. The van der Waals surface area contributed by atoms with Crippen molar-refractivity contribution in [3.05, 3.63) is 35.9 Å². The van der Waals surface area contributed by atoms with Crippen LogP contribution in [0.5, 0.6) is 0 Å². The fraction of sp³-hybridized carbons (Fsp3) is 0.643. The maximum absolute atomic E-state index is 13.8. The van der Waals surface area contributed by atoms with Crippen molar-refractivity contribution in [2.75, 3.05) is 27.2 Å². The second-order valence-corrected chi connectivity index (χ2v) is 11.7. The van der Waals surface area contributed by atoms with Gasteiger partial charge < -0.3 is 25.5 Å². The number of aliphatic carboxylic acids is 1. The van der Waals surface area contributed by atoms with Gasteiger partial charge in [-0.25, -0.2) is 0 Å². The molecular formula is C28H46N4O5. The Morgan fingerprint density at radius 3 is 1.92 bits per heavy atom. The van der Waals surface area contributed by atoms with Crippen LogP contribution in [0.15, 0.2) is 30.3 Å². The van der Waals surface area contributed by atoms with E-state index in [4.69, 9.17) is 0 Å². The number of carboxylic acid groups (broad SMARTS) is 1. The first-order valence-corrected chi connectivity index (χ1v) is 12.7. The monoisotopic (exact) mass is 518 g/mol. The second-order valence-electron chi connectivity index (χ2n) is 11.7. The number of nitrogens with one attached hydrogen (secondary N) is 2. The molecular weight excluding hydrogens is 472 g/mol. The Balaban J connectivity index is 3.27. The number of hydrogen-bond acceptors (Lipinski definition) is 5. The largest absolute Gasteiger partial charge is 0.480 e. The molecule has 0 heterocycles. The SMILES string of the molecule is CN[C@H](C(=O)N[C@H](C(=O)N(C)[C@H](CN(CC(=O)O)C(C)=O)C(C)C)C(C)(C)C)C(C)(C)c1ccccc1. The molecule has 0 saturated carbocycles. The molecule has 3 N–H and O–H groups in total. The van der Waals surface area contributed by atoms with Gasteiger partial charge in [-0.1, -0.05) is 78.8 Å². The molecule has 0 saturated heterocycles. The van der Waals surface area contributed by atoms with Crippen LogP contribution >= 0.6 is 0 Å². The van der Waals surface area contributed by atoms with Gasteiger partial charge in [-0.3, -0.25) is 19.2 Å². The van der Waals surface area contributed by atoms with E-state index in [9.17, 15) is 24.3 Å². The lowest BCUT2D eigenvalue weighted by Gasteiger charge is -2.41. The highest BCUT2D eigenvalue weighted by molar-refractivity contribution is 5.91. The van der Waals surface area contributed by atoms with Gasteiger partial charge in [0.25, 0.3) is 0 Å². The predicted molar refractivity (Wildman–Crippen MR) is 145 cm³/mol. The summed E-state index contributed by atoms with van der Waals surface area (Å²) >= 11 is 0. The maximum Gasteiger partial charge on any atom is 0.323 e. The molecule has 9 nitrogen and oxygen atoms in total. The van der Waals surface area contributed by atoms with Crippen LogP contribution < -0.4 is 10.6 Å². The molecule has 0 fully saturated rings. The molecule has 1 rings (SSSR count). The summed E-state index contributed by atoms with van der Waals surface area (Å²) in [6, 6.07) is 7.83. The smallest absolute Gasteiger partial charge is 0.323 e. The highest BCUT2D eigenvalue weighted by Crippen LogP contribution is 2.29. The highest BCUT2D eigenvalue weighted by atomic mass is 16.4. The second kappa shape index (κ2) is 13.0. The molecule has 0 unspecified atom stereocenters. The zero-order valence-electron chi connectivity index (χ0n) is 24.1. The number of hydrogen-bond donors (Lipinski definition) is 3. The van der Waals surface area contributed by atoms with Crippen molar-refractivity contribution in [3.8, 4) is 0 Å². The van der Waals surface area contributed by atoms with Crippen molar-refractivity contribution < 1.29 is 24.3 Å². The van der Waals surface area contributed by atoms with Crippen molar-refractivity contribution in [2.45, 2.75) is 78.9 Å². The van der Waals surface area contributed by atoms with Gasteiger partial charge in [0, 0.05) is 25.9 Å². The molecule has 0 aromatic heterocycles. The number of rotatable bonds is 12. The van der Waals surface area contributed by atoms with Crippen molar-refractivity contribution in [1.29, 1.82) is 0 Å². The Hall–Kier alpha value is -2.94. The van der Waals surface area contributed by atoms with Gasteiger partial charge in [-0.05, 0) is 23.9 Å². The van der Waals surface area contributed by atoms with E-state index in [-0.39, 0.29) is 30.2 Å². The van der Waals surface area contributed by atoms with Crippen molar-refractivity contribution >= 4 is 23.7 Å². The van der Waals surface area contributed by atoms with E-state index < -0.39 is 41.5 Å². The van der Waals surface area contributed by atoms with Crippen molar-refractivity contribution in [2.24, 2.45) is 11.3 Å². The standard InChI is InChI=1S/C28H46N4O5/c1-18(2)21(16-32(19(3)33)17-22(34)35)31(10)26(37)24(27(4,5)6)30-25(36)23(29-9)28(7,8)20-14-12-11-13-15-20/h11-15,18,21,23-24,29H,16-17H2,1-10H3,(H,30,36)(H,34,35)/t21-,23-,24-/m1/s1. The number of likely N-dealkylation sites (N-methyl/N-ethyl adjacent to an activating group) is 2. The topological polar surface area (TPSA) is 119 Å². The van der Waals surface area contributed by atoms with Crippen LogP contribution in [0.4, 0.5) is 0 Å². The highest BCUT2D eigenvalue weighted by Gasteiger charge is 2.42. The number of carboxylic acids is 1. The minimum atomic E-state index is -1.12. The number of benzene rings is 1. The van der Waals surface area contributed by atoms with Gasteiger partial charge in [-0.15, -0.1) is 0 Å². The molecule has 3 amide bonds. The lowest BCUT2D eigenvalue weighted by molar-refractivity contribution is -0.146. The molecule has 0 spiro atoms. The van der Waals surface area contributed by atoms with E-state index in [2.05, 4.69) is 10.6 Å². The molecule has 3 atom stereocenters. The van der Waals surface area contributed by atoms with E-state index in [1.54, 1.807) is 14.1 Å². The van der Waals surface area contributed by atoms with Crippen LogP contribution in [0.25, 0.3) is 0 Å². The summed E-state index contributed by atoms with van der Waals surface area (Å²) in [5, 5.41) is 15.3. The maximum atomic E-state index is 13.8. The molecule has 0 aliphatic heterocycles. The average molecular weight is 519 g/mol. The van der Waals surface area contributed by atoms with Crippen LogP contribution in [0.3, 0.4) is 0 Å². The third-order valence-electron chi connectivity index (χ3n) is 6.98. The molecule has 0 aliphatic rings. The van der Waals surface area contributed by atoms with Gasteiger partial charge in [0.15, 0.2) is 0 Å². The Kier molecular flexibility index (Phi) is 11.3. The van der Waals surface area contributed by atoms with E-state index >= 15 is 0 Å². The number of carbonyl (C=O) groups is 4. The van der Waals surface area contributed by atoms with Crippen molar-refractivity contribution in [1.82, 2.24) is 20.4 Å². The summed E-state index contributed by atoms with van der Waals surface area (Å²) in [6.45, 7) is 14.4. The summed E-state index contributed by atoms with van der Waals surface area (Å²) < 4.78 is 0. The number of carbonyl (C=O) groups excluding carboxylic acids is 3. The third kappa shape index (κ3) is 8.55. The van der Waals surface area contributed by atoms with Crippen LogP contribution in [0.2, 0.25) is 0 Å². The zero-order chi connectivity index (χ0) is 28.7. The Morgan fingerprint density at radius 1 is 0.973 bits per heavy atom. The normalized spacial score (nSPS) is 14.5. The molecule has 1 aromatic rings. The fourth-order valence-corrected chi connectivity index (χ4v) is 4.57. The van der Waals surface area contributed by atoms with E-state index in [1.807, 2.05) is 78.8 Å². The summed E-state index contributed by atoms with van der Waals surface area (Å²) in [5.41, 5.74) is -0.182. The van der Waals surface area contributed by atoms with Gasteiger partial charge in [0.1, 0.15) is 12.6 Å². The Bertz CT molecular complexity index is 940. The quantitative estimate of drug-likeness (QED) is 0.391. The van der Waals surface area contributed by atoms with Gasteiger partial charge in [-0.2, -0.15) is 0 Å². The van der Waals surface area contributed by atoms with Crippen LogP contribution in [-0.4, -0.2) is 83.9 Å². The molecule has 0 radical (unpaired) electrons. The van der Waals surface area contributed by atoms with E-state index in [0.717, 1.165) is 5.56 Å². The van der Waals surface area contributed by atoms with Crippen molar-refractivity contribution in [3.63, 3.8) is 0 Å². The van der Waals surface area contributed by atoms with Gasteiger partial charge in [0.05, 0.1) is 12.1 Å². The zero-order valence-corrected chi connectivity index (χ0v) is 24.1. The summed E-state index contributed by atoms with van der Waals surface area (Å²) in [6.07, 6.45) is 0. The third-order valence-corrected chi connectivity index (χ3v) is 6.98. The van der Waals surface area contributed by atoms with Crippen LogP contribution in [0, 0.1) is 11.3 Å². The first kappa shape index (κ1) is 32.1. The molecule has 0 bridgehead atoms. The lowest BCUT2D eigenvalue weighted by atomic mass is 9.76. The summed E-state index contributed by atoms with van der Waals surface area (Å²) in [4.78, 5) is 53.6. The predicted octanol–water partition coefficient (Wildman–Crippen LogP) is 2.50. The lowest BCUT2D eigenvalue weighted by Crippen LogP contribution is -2.62. The first-order valence-electron chi connectivity index (χ1n) is 12.7. The minimum Gasteiger partial charge on any atom is -0.480 e. The average Bonchev–Trinajstić information content (AvgIpc) is 2.78. The van der Waals surface area contributed by atoms with E-state index in [1.165, 1.54) is 16.7 Å². The molecule has 0 aliphatic carbocycles. The summed E-state index contributed by atoms with van der Waals surface area (Å²) in [7, 11) is 3.36.